The fourth-order valence-corrected chi connectivity index (χ4v) is 1.93. The third kappa shape index (κ3) is 4.42. The van der Waals surface area contributed by atoms with Gasteiger partial charge >= 0.3 is 0 Å². The molecule has 0 unspecified atom stereocenters. The molecule has 0 bridgehead atoms. The Morgan fingerprint density at radius 3 is 2.47 bits per heavy atom. The lowest BCUT2D eigenvalue weighted by molar-refractivity contribution is 0.302. The second kappa shape index (κ2) is 7.59. The molecule has 2 rings (SSSR count). The van der Waals surface area contributed by atoms with Crippen molar-refractivity contribution in [3.8, 4) is 5.75 Å². The summed E-state index contributed by atoms with van der Waals surface area (Å²) in [6, 6.07) is 18.5. The van der Waals surface area contributed by atoms with Crippen molar-refractivity contribution in [3.05, 3.63) is 65.7 Å². The van der Waals surface area contributed by atoms with Crippen LogP contribution in [0.3, 0.4) is 0 Å². The van der Waals surface area contributed by atoms with Gasteiger partial charge in [-0.1, -0.05) is 55.5 Å². The highest BCUT2D eigenvalue weighted by Gasteiger charge is 2.02. The molecule has 0 aliphatic carbocycles. The molecule has 0 atom stereocenters. The van der Waals surface area contributed by atoms with Crippen molar-refractivity contribution in [2.75, 3.05) is 6.54 Å². The fourth-order valence-electron chi connectivity index (χ4n) is 1.93. The van der Waals surface area contributed by atoms with E-state index >= 15 is 0 Å². The van der Waals surface area contributed by atoms with Crippen LogP contribution in [0, 0.1) is 0 Å². The molecule has 2 heteroatoms. The normalized spacial score (nSPS) is 10.4. The molecule has 19 heavy (non-hydrogen) atoms. The summed E-state index contributed by atoms with van der Waals surface area (Å²) in [5, 5.41) is 3.41. The molecule has 0 saturated heterocycles. The van der Waals surface area contributed by atoms with Crippen molar-refractivity contribution < 1.29 is 4.74 Å². The van der Waals surface area contributed by atoms with Gasteiger partial charge < -0.3 is 10.1 Å². The largest absolute Gasteiger partial charge is 0.489 e. The van der Waals surface area contributed by atoms with Gasteiger partial charge in [0.1, 0.15) is 12.4 Å². The second-order valence-electron chi connectivity index (χ2n) is 4.56. The minimum absolute atomic E-state index is 0.617. The SMILES string of the molecule is CCCNCc1ccccc1OCc1ccccc1. The molecule has 0 heterocycles. The number of benzene rings is 2. The molecule has 0 aromatic heterocycles. The molecular weight excluding hydrogens is 234 g/mol. The van der Waals surface area contributed by atoms with Gasteiger partial charge in [0.25, 0.3) is 0 Å². The van der Waals surface area contributed by atoms with Crippen LogP contribution in [0.1, 0.15) is 24.5 Å². The number of para-hydroxylation sites is 1. The molecule has 2 nitrogen and oxygen atoms in total. The summed E-state index contributed by atoms with van der Waals surface area (Å²) in [5.41, 5.74) is 2.41. The molecular formula is C17H21NO. The van der Waals surface area contributed by atoms with Crippen LogP contribution >= 0.6 is 0 Å². The maximum Gasteiger partial charge on any atom is 0.124 e. The fraction of sp³-hybridized carbons (Fsp3) is 0.294. The standard InChI is InChI=1S/C17H21NO/c1-2-12-18-13-16-10-6-7-11-17(16)19-14-15-8-4-3-5-9-15/h3-11,18H,2,12-14H2,1H3. The van der Waals surface area contributed by atoms with Gasteiger partial charge in [-0.25, -0.2) is 0 Å². The summed E-state index contributed by atoms with van der Waals surface area (Å²) in [4.78, 5) is 0. The summed E-state index contributed by atoms with van der Waals surface area (Å²) < 4.78 is 5.91. The Morgan fingerprint density at radius 1 is 0.947 bits per heavy atom. The van der Waals surface area contributed by atoms with E-state index in [2.05, 4.69) is 36.5 Å². The van der Waals surface area contributed by atoms with Crippen LogP contribution in [-0.2, 0) is 13.2 Å². The summed E-state index contributed by atoms with van der Waals surface area (Å²) >= 11 is 0. The Bertz CT molecular complexity index is 482. The zero-order valence-electron chi connectivity index (χ0n) is 11.4. The number of nitrogens with one attached hydrogen (secondary N) is 1. The van der Waals surface area contributed by atoms with Crippen molar-refractivity contribution in [1.29, 1.82) is 0 Å². The molecule has 100 valence electrons. The van der Waals surface area contributed by atoms with E-state index in [9.17, 15) is 0 Å². The highest BCUT2D eigenvalue weighted by Crippen LogP contribution is 2.19. The van der Waals surface area contributed by atoms with Crippen molar-refractivity contribution in [3.63, 3.8) is 0 Å². The van der Waals surface area contributed by atoms with Gasteiger partial charge in [0.05, 0.1) is 0 Å². The number of hydrogen-bond acceptors (Lipinski definition) is 2. The lowest BCUT2D eigenvalue weighted by Gasteiger charge is -2.12. The maximum absolute atomic E-state index is 5.91. The zero-order valence-corrected chi connectivity index (χ0v) is 11.4. The summed E-state index contributed by atoms with van der Waals surface area (Å²) in [6.07, 6.45) is 1.15. The third-order valence-electron chi connectivity index (χ3n) is 2.95. The van der Waals surface area contributed by atoms with E-state index < -0.39 is 0 Å². The Kier molecular flexibility index (Phi) is 5.45. The van der Waals surface area contributed by atoms with E-state index in [1.807, 2.05) is 30.3 Å². The van der Waals surface area contributed by atoms with E-state index in [1.165, 1.54) is 11.1 Å². The predicted octanol–water partition coefficient (Wildman–Crippen LogP) is 3.77. The smallest absolute Gasteiger partial charge is 0.124 e. The molecule has 0 fully saturated rings. The molecule has 1 N–H and O–H groups in total. The molecule has 2 aromatic carbocycles. The molecule has 0 amide bonds. The van der Waals surface area contributed by atoms with E-state index in [0.29, 0.717) is 6.61 Å². The second-order valence-corrected chi connectivity index (χ2v) is 4.56. The van der Waals surface area contributed by atoms with E-state index in [4.69, 9.17) is 4.74 Å². The van der Waals surface area contributed by atoms with Crippen LogP contribution < -0.4 is 10.1 Å². The summed E-state index contributed by atoms with van der Waals surface area (Å²) in [6.45, 7) is 4.68. The Labute approximate surface area is 115 Å². The third-order valence-corrected chi connectivity index (χ3v) is 2.95. The Morgan fingerprint density at radius 2 is 1.68 bits per heavy atom. The van der Waals surface area contributed by atoms with Crippen LogP contribution in [0.15, 0.2) is 54.6 Å². The van der Waals surface area contributed by atoms with Crippen molar-refractivity contribution >= 4 is 0 Å². The van der Waals surface area contributed by atoms with Crippen LogP contribution in [-0.4, -0.2) is 6.54 Å². The van der Waals surface area contributed by atoms with Crippen LogP contribution in [0.5, 0.6) is 5.75 Å². The minimum atomic E-state index is 0.617. The average molecular weight is 255 g/mol. The highest BCUT2D eigenvalue weighted by molar-refractivity contribution is 5.33. The van der Waals surface area contributed by atoms with Gasteiger partial charge in [-0.3, -0.25) is 0 Å². The summed E-state index contributed by atoms with van der Waals surface area (Å²) in [5.74, 6) is 0.968. The minimum Gasteiger partial charge on any atom is -0.489 e. The molecule has 0 aliphatic heterocycles. The Hall–Kier alpha value is -1.80. The van der Waals surface area contributed by atoms with Gasteiger partial charge in [0, 0.05) is 12.1 Å². The van der Waals surface area contributed by atoms with Crippen molar-refractivity contribution in [1.82, 2.24) is 5.32 Å². The molecule has 0 saturated carbocycles. The molecule has 0 radical (unpaired) electrons. The molecule has 2 aromatic rings. The van der Waals surface area contributed by atoms with Crippen LogP contribution in [0.4, 0.5) is 0 Å². The number of hydrogen-bond donors (Lipinski definition) is 1. The van der Waals surface area contributed by atoms with Gasteiger partial charge in [-0.15, -0.1) is 0 Å². The van der Waals surface area contributed by atoms with Crippen LogP contribution in [0.2, 0.25) is 0 Å². The first-order valence-electron chi connectivity index (χ1n) is 6.85. The first-order valence-corrected chi connectivity index (χ1v) is 6.85. The lowest BCUT2D eigenvalue weighted by Crippen LogP contribution is -2.14. The summed E-state index contributed by atoms with van der Waals surface area (Å²) in [7, 11) is 0. The van der Waals surface area contributed by atoms with Crippen molar-refractivity contribution in [2.24, 2.45) is 0 Å². The van der Waals surface area contributed by atoms with E-state index in [-0.39, 0.29) is 0 Å². The lowest BCUT2D eigenvalue weighted by atomic mass is 10.2. The monoisotopic (exact) mass is 255 g/mol. The highest BCUT2D eigenvalue weighted by atomic mass is 16.5. The van der Waals surface area contributed by atoms with Gasteiger partial charge in [0.15, 0.2) is 0 Å². The van der Waals surface area contributed by atoms with E-state index in [1.54, 1.807) is 0 Å². The topological polar surface area (TPSA) is 21.3 Å². The van der Waals surface area contributed by atoms with Crippen LogP contribution in [0.25, 0.3) is 0 Å². The molecule has 0 spiro atoms. The van der Waals surface area contributed by atoms with Crippen molar-refractivity contribution in [2.45, 2.75) is 26.5 Å². The number of ether oxygens (including phenoxy) is 1. The predicted molar refractivity (Wildman–Crippen MR) is 79.2 cm³/mol. The van der Waals surface area contributed by atoms with Gasteiger partial charge in [0.2, 0.25) is 0 Å². The first kappa shape index (κ1) is 13.6. The van der Waals surface area contributed by atoms with E-state index in [0.717, 1.165) is 25.3 Å². The zero-order chi connectivity index (χ0) is 13.3. The first-order chi connectivity index (χ1) is 9.40. The number of rotatable bonds is 7. The quantitative estimate of drug-likeness (QED) is 0.760. The van der Waals surface area contributed by atoms with Gasteiger partial charge in [-0.05, 0) is 24.6 Å². The molecule has 0 aliphatic rings. The van der Waals surface area contributed by atoms with Gasteiger partial charge in [-0.2, -0.15) is 0 Å². The average Bonchev–Trinajstić information content (AvgIpc) is 2.48. The Balaban J connectivity index is 1.95. The maximum atomic E-state index is 5.91.